The molecule has 0 fully saturated rings. The SMILES string of the molecule is COc1ccc(C)cc1-n1ccnc(SCC(=O)c2ccc(F)cc2)c1=O. The normalized spacial score (nSPS) is 10.6. The monoisotopic (exact) mass is 384 g/mol. The molecule has 3 aromatic rings. The number of Topliss-reactive ketones (excluding diaryl/α,β-unsaturated/α-hetero) is 1. The summed E-state index contributed by atoms with van der Waals surface area (Å²) in [5.74, 6) is -0.0149. The summed E-state index contributed by atoms with van der Waals surface area (Å²) in [7, 11) is 1.54. The van der Waals surface area contributed by atoms with Crippen LogP contribution in [-0.4, -0.2) is 28.2 Å². The van der Waals surface area contributed by atoms with Gasteiger partial charge in [-0.2, -0.15) is 0 Å². The number of thioether (sulfide) groups is 1. The first-order valence-electron chi connectivity index (χ1n) is 8.14. The van der Waals surface area contributed by atoms with Gasteiger partial charge in [-0.15, -0.1) is 0 Å². The number of carbonyl (C=O) groups is 1. The zero-order valence-electron chi connectivity index (χ0n) is 14.8. The molecule has 0 radical (unpaired) electrons. The van der Waals surface area contributed by atoms with Crippen LogP contribution in [0.2, 0.25) is 0 Å². The van der Waals surface area contributed by atoms with Crippen LogP contribution in [0.15, 0.2) is 64.7 Å². The van der Waals surface area contributed by atoms with Crippen molar-refractivity contribution in [3.05, 3.63) is 82.2 Å². The lowest BCUT2D eigenvalue weighted by Crippen LogP contribution is -2.21. The Balaban J connectivity index is 1.86. The smallest absolute Gasteiger partial charge is 0.287 e. The number of methoxy groups -OCH3 is 1. The van der Waals surface area contributed by atoms with Crippen LogP contribution in [-0.2, 0) is 0 Å². The van der Waals surface area contributed by atoms with Crippen LogP contribution >= 0.6 is 11.8 Å². The molecule has 0 atom stereocenters. The number of hydrogen-bond acceptors (Lipinski definition) is 5. The summed E-state index contributed by atoms with van der Waals surface area (Å²) >= 11 is 1.05. The number of ether oxygens (including phenoxy) is 1. The van der Waals surface area contributed by atoms with Crippen LogP contribution in [0.3, 0.4) is 0 Å². The summed E-state index contributed by atoms with van der Waals surface area (Å²) in [5, 5.41) is 0.205. The summed E-state index contributed by atoms with van der Waals surface area (Å²) in [6.07, 6.45) is 3.07. The Morgan fingerprint density at radius 1 is 1.22 bits per heavy atom. The molecule has 1 heterocycles. The topological polar surface area (TPSA) is 61.2 Å². The third kappa shape index (κ3) is 4.25. The van der Waals surface area contributed by atoms with Crippen molar-refractivity contribution < 1.29 is 13.9 Å². The standard InChI is InChI=1S/C20H17FN2O3S/c1-13-3-8-18(26-2)16(11-13)23-10-9-22-19(20(23)25)27-12-17(24)14-4-6-15(21)7-5-14/h3-11H,12H2,1-2H3. The highest BCUT2D eigenvalue weighted by atomic mass is 32.2. The third-order valence-electron chi connectivity index (χ3n) is 3.91. The molecule has 0 spiro atoms. The van der Waals surface area contributed by atoms with Crippen molar-refractivity contribution in [1.82, 2.24) is 9.55 Å². The minimum atomic E-state index is -0.404. The molecule has 0 unspecified atom stereocenters. The summed E-state index contributed by atoms with van der Waals surface area (Å²) in [5.41, 5.74) is 1.64. The average molecular weight is 384 g/mol. The third-order valence-corrected chi connectivity index (χ3v) is 4.87. The van der Waals surface area contributed by atoms with E-state index in [2.05, 4.69) is 4.98 Å². The number of nitrogens with zero attached hydrogens (tertiary/aromatic N) is 2. The fraction of sp³-hybridized carbons (Fsp3) is 0.150. The molecular formula is C20H17FN2O3S. The van der Waals surface area contributed by atoms with E-state index in [1.807, 2.05) is 19.1 Å². The Bertz CT molecular complexity index is 1030. The van der Waals surface area contributed by atoms with Gasteiger partial charge in [-0.3, -0.25) is 14.2 Å². The Morgan fingerprint density at radius 2 is 1.96 bits per heavy atom. The highest BCUT2D eigenvalue weighted by Crippen LogP contribution is 2.23. The van der Waals surface area contributed by atoms with Gasteiger partial charge in [-0.1, -0.05) is 17.8 Å². The van der Waals surface area contributed by atoms with Crippen LogP contribution in [0, 0.1) is 12.7 Å². The van der Waals surface area contributed by atoms with E-state index in [0.29, 0.717) is 17.0 Å². The van der Waals surface area contributed by atoms with Gasteiger partial charge in [-0.25, -0.2) is 9.37 Å². The van der Waals surface area contributed by atoms with Gasteiger partial charge >= 0.3 is 0 Å². The molecule has 0 aliphatic rings. The molecule has 0 N–H and O–H groups in total. The van der Waals surface area contributed by atoms with E-state index >= 15 is 0 Å². The molecular weight excluding hydrogens is 367 g/mol. The van der Waals surface area contributed by atoms with Gasteiger partial charge in [0, 0.05) is 18.0 Å². The van der Waals surface area contributed by atoms with Crippen molar-refractivity contribution in [3.63, 3.8) is 0 Å². The zero-order valence-corrected chi connectivity index (χ0v) is 15.6. The van der Waals surface area contributed by atoms with E-state index in [9.17, 15) is 14.0 Å². The Morgan fingerprint density at radius 3 is 2.67 bits per heavy atom. The fourth-order valence-electron chi connectivity index (χ4n) is 2.52. The number of halogens is 1. The van der Waals surface area contributed by atoms with Crippen molar-refractivity contribution in [2.75, 3.05) is 12.9 Å². The first kappa shape index (κ1) is 18.8. The van der Waals surface area contributed by atoms with Crippen LogP contribution in [0.1, 0.15) is 15.9 Å². The number of aryl methyl sites for hydroxylation is 1. The van der Waals surface area contributed by atoms with Crippen molar-refractivity contribution in [2.24, 2.45) is 0 Å². The number of carbonyl (C=O) groups excluding carboxylic acids is 1. The first-order valence-corrected chi connectivity index (χ1v) is 9.12. The summed E-state index contributed by atoms with van der Waals surface area (Å²) in [4.78, 5) is 29.1. The maximum absolute atomic E-state index is 13.0. The molecule has 0 aliphatic heterocycles. The van der Waals surface area contributed by atoms with Crippen molar-refractivity contribution in [3.8, 4) is 11.4 Å². The Kier molecular flexibility index (Phi) is 5.71. The quantitative estimate of drug-likeness (QED) is 0.479. The van der Waals surface area contributed by atoms with Gasteiger partial charge < -0.3 is 4.74 Å². The van der Waals surface area contributed by atoms with Gasteiger partial charge in [-0.05, 0) is 48.9 Å². The Hall–Kier alpha value is -2.93. The number of aromatic nitrogens is 2. The average Bonchev–Trinajstić information content (AvgIpc) is 2.67. The van der Waals surface area contributed by atoms with Crippen LogP contribution in [0.5, 0.6) is 5.75 Å². The number of benzene rings is 2. The molecule has 1 aromatic heterocycles. The molecule has 7 heteroatoms. The van der Waals surface area contributed by atoms with E-state index in [1.165, 1.54) is 42.1 Å². The van der Waals surface area contributed by atoms with E-state index in [0.717, 1.165) is 17.3 Å². The predicted octanol–water partition coefficient (Wildman–Crippen LogP) is 3.66. The molecule has 0 saturated heterocycles. The van der Waals surface area contributed by atoms with Gasteiger partial charge in [0.1, 0.15) is 11.6 Å². The molecule has 5 nitrogen and oxygen atoms in total. The van der Waals surface area contributed by atoms with E-state index < -0.39 is 5.82 Å². The fourth-order valence-corrected chi connectivity index (χ4v) is 3.32. The van der Waals surface area contributed by atoms with Crippen molar-refractivity contribution in [2.45, 2.75) is 11.9 Å². The van der Waals surface area contributed by atoms with Gasteiger partial charge in [0.25, 0.3) is 5.56 Å². The highest BCUT2D eigenvalue weighted by molar-refractivity contribution is 7.99. The van der Waals surface area contributed by atoms with Crippen molar-refractivity contribution in [1.29, 1.82) is 0 Å². The second-order valence-electron chi connectivity index (χ2n) is 5.80. The molecule has 0 aliphatic carbocycles. The summed E-state index contributed by atoms with van der Waals surface area (Å²) < 4.78 is 19.8. The largest absolute Gasteiger partial charge is 0.495 e. The molecule has 0 bridgehead atoms. The van der Waals surface area contributed by atoms with Gasteiger partial charge in [0.2, 0.25) is 0 Å². The van der Waals surface area contributed by atoms with Gasteiger partial charge in [0.15, 0.2) is 10.8 Å². The molecule has 3 rings (SSSR count). The molecule has 0 saturated carbocycles. The number of ketones is 1. The maximum atomic E-state index is 13.0. The van der Waals surface area contributed by atoms with Crippen LogP contribution in [0.25, 0.3) is 5.69 Å². The zero-order chi connectivity index (χ0) is 19.4. The second kappa shape index (κ2) is 8.18. The van der Waals surface area contributed by atoms with Crippen LogP contribution < -0.4 is 10.3 Å². The summed E-state index contributed by atoms with van der Waals surface area (Å²) in [6.45, 7) is 1.92. The lowest BCUT2D eigenvalue weighted by molar-refractivity contribution is 0.102. The molecule has 27 heavy (non-hydrogen) atoms. The highest BCUT2D eigenvalue weighted by Gasteiger charge is 2.14. The first-order chi connectivity index (χ1) is 13.0. The maximum Gasteiger partial charge on any atom is 0.287 e. The lowest BCUT2D eigenvalue weighted by atomic mass is 10.1. The van der Waals surface area contributed by atoms with E-state index in [-0.39, 0.29) is 22.1 Å². The van der Waals surface area contributed by atoms with Gasteiger partial charge in [0.05, 0.1) is 18.6 Å². The van der Waals surface area contributed by atoms with E-state index in [1.54, 1.807) is 12.3 Å². The predicted molar refractivity (Wildman–Crippen MR) is 103 cm³/mol. The van der Waals surface area contributed by atoms with E-state index in [4.69, 9.17) is 4.74 Å². The molecule has 2 aromatic carbocycles. The second-order valence-corrected chi connectivity index (χ2v) is 6.77. The molecule has 0 amide bonds. The summed E-state index contributed by atoms with van der Waals surface area (Å²) in [6, 6.07) is 10.8. The minimum Gasteiger partial charge on any atom is -0.495 e. The number of hydrogen-bond donors (Lipinski definition) is 0. The lowest BCUT2D eigenvalue weighted by Gasteiger charge is -2.12. The van der Waals surface area contributed by atoms with Crippen LogP contribution in [0.4, 0.5) is 4.39 Å². The molecule has 138 valence electrons. The van der Waals surface area contributed by atoms with Crippen molar-refractivity contribution >= 4 is 17.5 Å². The number of rotatable bonds is 6. The Labute approximate surface area is 159 Å². The minimum absolute atomic E-state index is 0.0306.